The van der Waals surface area contributed by atoms with Crippen molar-refractivity contribution in [2.45, 2.75) is 58.9 Å². The van der Waals surface area contributed by atoms with E-state index in [0.717, 1.165) is 5.92 Å². The molecule has 0 radical (unpaired) electrons. The molecule has 1 atom stereocenters. The second kappa shape index (κ2) is 5.71. The Labute approximate surface area is 107 Å². The number of rotatable bonds is 5. The van der Waals surface area contributed by atoms with E-state index in [2.05, 4.69) is 31.0 Å². The minimum Gasteiger partial charge on any atom is -0.314 e. The molecular weight excluding hydrogens is 208 g/mol. The third-order valence-corrected chi connectivity index (χ3v) is 4.62. The number of nitrogens with zero attached hydrogens (tertiary/aromatic N) is 1. The largest absolute Gasteiger partial charge is 0.314 e. The summed E-state index contributed by atoms with van der Waals surface area (Å²) in [6, 6.07) is 0.630. The van der Waals surface area contributed by atoms with E-state index in [9.17, 15) is 0 Å². The topological polar surface area (TPSA) is 15.3 Å². The molecule has 2 aliphatic rings. The van der Waals surface area contributed by atoms with Gasteiger partial charge in [0.2, 0.25) is 0 Å². The van der Waals surface area contributed by atoms with Crippen molar-refractivity contribution in [3.05, 3.63) is 0 Å². The molecule has 1 saturated carbocycles. The molecule has 0 spiro atoms. The van der Waals surface area contributed by atoms with Gasteiger partial charge in [0.25, 0.3) is 0 Å². The van der Waals surface area contributed by atoms with Crippen LogP contribution in [0.4, 0.5) is 0 Å². The molecule has 2 fully saturated rings. The molecule has 1 N–H and O–H groups in total. The van der Waals surface area contributed by atoms with Crippen molar-refractivity contribution in [3.8, 4) is 0 Å². The van der Waals surface area contributed by atoms with Crippen LogP contribution in [0.3, 0.4) is 0 Å². The SMILES string of the molecule is CC1CCN(CC2(CNC(C)C)CCCC2)C1. The number of hydrogen-bond acceptors (Lipinski definition) is 2. The number of nitrogens with one attached hydrogen (secondary N) is 1. The van der Waals surface area contributed by atoms with Crippen LogP contribution < -0.4 is 5.32 Å². The van der Waals surface area contributed by atoms with E-state index in [4.69, 9.17) is 0 Å². The first-order valence-electron chi connectivity index (χ1n) is 7.55. The van der Waals surface area contributed by atoms with E-state index in [0.29, 0.717) is 11.5 Å². The van der Waals surface area contributed by atoms with Crippen molar-refractivity contribution in [3.63, 3.8) is 0 Å². The maximum atomic E-state index is 3.69. The van der Waals surface area contributed by atoms with E-state index in [1.54, 1.807) is 0 Å². The van der Waals surface area contributed by atoms with Gasteiger partial charge in [0.15, 0.2) is 0 Å². The molecule has 0 aromatic heterocycles. The highest BCUT2D eigenvalue weighted by Gasteiger charge is 2.36. The zero-order valence-corrected chi connectivity index (χ0v) is 12.0. The quantitative estimate of drug-likeness (QED) is 0.792. The second-order valence-corrected chi connectivity index (χ2v) is 6.87. The van der Waals surface area contributed by atoms with Crippen molar-refractivity contribution in [1.82, 2.24) is 10.2 Å². The molecule has 2 heteroatoms. The predicted octanol–water partition coefficient (Wildman–Crippen LogP) is 2.89. The van der Waals surface area contributed by atoms with E-state index >= 15 is 0 Å². The summed E-state index contributed by atoms with van der Waals surface area (Å²) in [4.78, 5) is 2.72. The Morgan fingerprint density at radius 1 is 1.29 bits per heavy atom. The Hall–Kier alpha value is -0.0800. The Morgan fingerprint density at radius 2 is 2.00 bits per heavy atom. The Bertz CT molecular complexity index is 231. The van der Waals surface area contributed by atoms with Crippen LogP contribution in [0.1, 0.15) is 52.9 Å². The molecule has 1 unspecified atom stereocenters. The lowest BCUT2D eigenvalue weighted by molar-refractivity contribution is 0.166. The van der Waals surface area contributed by atoms with Gasteiger partial charge >= 0.3 is 0 Å². The van der Waals surface area contributed by atoms with Crippen LogP contribution in [0, 0.1) is 11.3 Å². The van der Waals surface area contributed by atoms with Crippen LogP contribution in [-0.2, 0) is 0 Å². The van der Waals surface area contributed by atoms with Gasteiger partial charge in [-0.1, -0.05) is 33.6 Å². The van der Waals surface area contributed by atoms with E-state index in [-0.39, 0.29) is 0 Å². The van der Waals surface area contributed by atoms with Crippen LogP contribution in [-0.4, -0.2) is 37.1 Å². The molecule has 0 amide bonds. The monoisotopic (exact) mass is 238 g/mol. The van der Waals surface area contributed by atoms with Crippen molar-refractivity contribution in [2.24, 2.45) is 11.3 Å². The first-order chi connectivity index (χ1) is 8.10. The molecule has 17 heavy (non-hydrogen) atoms. The maximum Gasteiger partial charge on any atom is 0.00503 e. The summed E-state index contributed by atoms with van der Waals surface area (Å²) < 4.78 is 0. The van der Waals surface area contributed by atoms with Gasteiger partial charge in [-0.2, -0.15) is 0 Å². The first kappa shape index (κ1) is 13.4. The van der Waals surface area contributed by atoms with Gasteiger partial charge in [-0.15, -0.1) is 0 Å². The van der Waals surface area contributed by atoms with Gasteiger partial charge in [-0.3, -0.25) is 0 Å². The number of hydrogen-bond donors (Lipinski definition) is 1. The Balaban J connectivity index is 1.87. The highest BCUT2D eigenvalue weighted by molar-refractivity contribution is 4.91. The molecule has 2 rings (SSSR count). The Kier molecular flexibility index (Phi) is 4.48. The summed E-state index contributed by atoms with van der Waals surface area (Å²) in [6.07, 6.45) is 7.19. The van der Waals surface area contributed by atoms with Crippen LogP contribution in [0.2, 0.25) is 0 Å². The van der Waals surface area contributed by atoms with Gasteiger partial charge in [-0.25, -0.2) is 0 Å². The van der Waals surface area contributed by atoms with E-state index in [1.807, 2.05) is 0 Å². The van der Waals surface area contributed by atoms with Crippen LogP contribution in [0.5, 0.6) is 0 Å². The summed E-state index contributed by atoms with van der Waals surface area (Å²) in [5, 5.41) is 3.69. The molecule has 1 saturated heterocycles. The fourth-order valence-electron chi connectivity index (χ4n) is 3.58. The Morgan fingerprint density at radius 3 is 2.53 bits per heavy atom. The fraction of sp³-hybridized carbons (Fsp3) is 1.00. The minimum absolute atomic E-state index is 0.592. The molecular formula is C15H30N2. The summed E-state index contributed by atoms with van der Waals surface area (Å²) in [6.45, 7) is 12.2. The average molecular weight is 238 g/mol. The molecule has 2 nitrogen and oxygen atoms in total. The van der Waals surface area contributed by atoms with E-state index in [1.165, 1.54) is 58.3 Å². The lowest BCUT2D eigenvalue weighted by Gasteiger charge is -2.34. The summed E-state index contributed by atoms with van der Waals surface area (Å²) in [7, 11) is 0. The average Bonchev–Trinajstić information content (AvgIpc) is 2.87. The fourth-order valence-corrected chi connectivity index (χ4v) is 3.58. The molecule has 1 aliphatic heterocycles. The zero-order valence-electron chi connectivity index (χ0n) is 12.0. The lowest BCUT2D eigenvalue weighted by atomic mass is 9.85. The van der Waals surface area contributed by atoms with Gasteiger partial charge in [0, 0.05) is 25.7 Å². The molecule has 1 heterocycles. The van der Waals surface area contributed by atoms with Crippen molar-refractivity contribution < 1.29 is 0 Å². The van der Waals surface area contributed by atoms with Gasteiger partial charge in [0.1, 0.15) is 0 Å². The summed E-state index contributed by atoms with van der Waals surface area (Å²) >= 11 is 0. The predicted molar refractivity (Wildman–Crippen MR) is 74.3 cm³/mol. The van der Waals surface area contributed by atoms with Gasteiger partial charge in [0.05, 0.1) is 0 Å². The normalized spacial score (nSPS) is 29.3. The summed E-state index contributed by atoms with van der Waals surface area (Å²) in [5.74, 6) is 0.923. The maximum absolute atomic E-state index is 3.69. The minimum atomic E-state index is 0.592. The molecule has 0 aromatic carbocycles. The zero-order chi connectivity index (χ0) is 12.3. The summed E-state index contributed by atoms with van der Waals surface area (Å²) in [5.41, 5.74) is 0.592. The second-order valence-electron chi connectivity index (χ2n) is 6.87. The van der Waals surface area contributed by atoms with Crippen molar-refractivity contribution in [2.75, 3.05) is 26.2 Å². The third kappa shape index (κ3) is 3.69. The first-order valence-corrected chi connectivity index (χ1v) is 7.55. The molecule has 0 aromatic rings. The lowest BCUT2D eigenvalue weighted by Crippen LogP contribution is -2.43. The van der Waals surface area contributed by atoms with Gasteiger partial charge < -0.3 is 10.2 Å². The van der Waals surface area contributed by atoms with Gasteiger partial charge in [-0.05, 0) is 37.1 Å². The van der Waals surface area contributed by atoms with E-state index < -0.39 is 0 Å². The van der Waals surface area contributed by atoms with Crippen molar-refractivity contribution >= 4 is 0 Å². The molecule has 1 aliphatic carbocycles. The highest BCUT2D eigenvalue weighted by atomic mass is 15.2. The molecule has 0 bridgehead atoms. The third-order valence-electron chi connectivity index (χ3n) is 4.62. The highest BCUT2D eigenvalue weighted by Crippen LogP contribution is 2.39. The van der Waals surface area contributed by atoms with Crippen LogP contribution in [0.15, 0.2) is 0 Å². The van der Waals surface area contributed by atoms with Crippen LogP contribution in [0.25, 0.3) is 0 Å². The standard InChI is InChI=1S/C15H30N2/c1-13(2)16-11-15(7-4-5-8-15)12-17-9-6-14(3)10-17/h13-14,16H,4-12H2,1-3H3. The van der Waals surface area contributed by atoms with Crippen LogP contribution >= 0.6 is 0 Å². The van der Waals surface area contributed by atoms with Crippen molar-refractivity contribution in [1.29, 1.82) is 0 Å². The number of likely N-dealkylation sites (tertiary alicyclic amines) is 1. The smallest absolute Gasteiger partial charge is 0.00503 e. The molecule has 100 valence electrons.